The van der Waals surface area contributed by atoms with E-state index < -0.39 is 5.54 Å². The number of hydrogen-bond acceptors (Lipinski definition) is 5. The van der Waals surface area contributed by atoms with Gasteiger partial charge in [-0.25, -0.2) is 0 Å². The predicted molar refractivity (Wildman–Crippen MR) is 74.9 cm³/mol. The first kappa shape index (κ1) is 16.4. The van der Waals surface area contributed by atoms with Gasteiger partial charge in [0.15, 0.2) is 0 Å². The number of carbonyl (C=O) groups is 1. The van der Waals surface area contributed by atoms with E-state index in [0.717, 1.165) is 38.6 Å². The fraction of sp³-hybridized carbons (Fsp3) is 0.929. The first-order chi connectivity index (χ1) is 8.95. The molecule has 5 nitrogen and oxygen atoms in total. The van der Waals surface area contributed by atoms with Crippen LogP contribution in [0.5, 0.6) is 0 Å². The van der Waals surface area contributed by atoms with Crippen LogP contribution in [0.15, 0.2) is 0 Å². The van der Waals surface area contributed by atoms with Crippen LogP contribution in [0.2, 0.25) is 0 Å². The number of nitrogens with zero attached hydrogens (tertiary/aromatic N) is 1. The summed E-state index contributed by atoms with van der Waals surface area (Å²) >= 11 is 0. The zero-order valence-corrected chi connectivity index (χ0v) is 12.5. The topological polar surface area (TPSA) is 64.8 Å². The van der Waals surface area contributed by atoms with Gasteiger partial charge in [0.2, 0.25) is 0 Å². The number of likely N-dealkylation sites (N-methyl/N-ethyl adjacent to an activating group) is 1. The second-order valence-corrected chi connectivity index (χ2v) is 5.83. The highest BCUT2D eigenvalue weighted by molar-refractivity contribution is 5.79. The fourth-order valence-electron chi connectivity index (χ4n) is 1.92. The molecule has 1 aliphatic carbocycles. The molecule has 0 saturated heterocycles. The first-order valence-corrected chi connectivity index (χ1v) is 7.09. The number of esters is 1. The molecular weight excluding hydrogens is 244 g/mol. The molecule has 1 atom stereocenters. The summed E-state index contributed by atoms with van der Waals surface area (Å²) in [6, 6.07) is 0. The highest BCUT2D eigenvalue weighted by Crippen LogP contribution is 2.28. The standard InChI is InChI=1S/C14H28N2O3/c1-14(15,13(17)18-3)7-4-8-16(2)9-10-19-11-12-5-6-12/h12H,4-11,15H2,1-3H3. The molecule has 1 saturated carbocycles. The van der Waals surface area contributed by atoms with E-state index in [4.69, 9.17) is 10.5 Å². The van der Waals surface area contributed by atoms with Gasteiger partial charge < -0.3 is 20.1 Å². The predicted octanol–water partition coefficient (Wildman–Crippen LogP) is 1.02. The van der Waals surface area contributed by atoms with Crippen molar-refractivity contribution in [2.75, 3.05) is 40.5 Å². The van der Waals surface area contributed by atoms with E-state index in [0.29, 0.717) is 6.42 Å². The largest absolute Gasteiger partial charge is 0.468 e. The molecule has 0 aromatic carbocycles. The van der Waals surface area contributed by atoms with Gasteiger partial charge in [0.25, 0.3) is 0 Å². The highest BCUT2D eigenvalue weighted by atomic mass is 16.5. The van der Waals surface area contributed by atoms with Crippen LogP contribution < -0.4 is 5.73 Å². The minimum Gasteiger partial charge on any atom is -0.468 e. The van der Waals surface area contributed by atoms with Crippen molar-refractivity contribution in [2.45, 2.75) is 38.1 Å². The van der Waals surface area contributed by atoms with Crippen LogP contribution in [0, 0.1) is 5.92 Å². The number of ether oxygens (including phenoxy) is 2. The van der Waals surface area contributed by atoms with Gasteiger partial charge in [-0.1, -0.05) is 0 Å². The molecule has 1 fully saturated rings. The van der Waals surface area contributed by atoms with Crippen LogP contribution in [-0.4, -0.2) is 56.9 Å². The summed E-state index contributed by atoms with van der Waals surface area (Å²) in [4.78, 5) is 13.6. The maximum atomic E-state index is 11.4. The van der Waals surface area contributed by atoms with Crippen molar-refractivity contribution in [1.29, 1.82) is 0 Å². The average Bonchev–Trinajstić information content (AvgIpc) is 3.17. The average molecular weight is 272 g/mol. The van der Waals surface area contributed by atoms with Gasteiger partial charge in [0, 0.05) is 13.2 Å². The molecule has 0 radical (unpaired) electrons. The molecule has 0 spiro atoms. The van der Waals surface area contributed by atoms with E-state index in [1.165, 1.54) is 20.0 Å². The Bertz CT molecular complexity index is 278. The Morgan fingerprint density at radius 2 is 2.11 bits per heavy atom. The number of hydrogen-bond donors (Lipinski definition) is 1. The molecule has 1 rings (SSSR count). The Balaban J connectivity index is 2.01. The van der Waals surface area contributed by atoms with Crippen LogP contribution in [0.3, 0.4) is 0 Å². The molecule has 0 aromatic rings. The summed E-state index contributed by atoms with van der Waals surface area (Å²) in [6.07, 6.45) is 4.17. The zero-order chi connectivity index (χ0) is 14.3. The zero-order valence-electron chi connectivity index (χ0n) is 12.5. The molecule has 0 heterocycles. The van der Waals surface area contributed by atoms with E-state index >= 15 is 0 Å². The number of rotatable bonds is 10. The van der Waals surface area contributed by atoms with Gasteiger partial charge in [-0.15, -0.1) is 0 Å². The van der Waals surface area contributed by atoms with E-state index in [-0.39, 0.29) is 5.97 Å². The van der Waals surface area contributed by atoms with Crippen molar-refractivity contribution < 1.29 is 14.3 Å². The molecule has 0 aliphatic heterocycles. The molecule has 1 unspecified atom stereocenters. The molecular formula is C14H28N2O3. The van der Waals surface area contributed by atoms with Gasteiger partial charge in [-0.05, 0) is 52.1 Å². The van der Waals surface area contributed by atoms with Crippen LogP contribution in [0.1, 0.15) is 32.6 Å². The van der Waals surface area contributed by atoms with Crippen molar-refractivity contribution in [3.05, 3.63) is 0 Å². The molecule has 0 aromatic heterocycles. The third kappa shape index (κ3) is 6.89. The first-order valence-electron chi connectivity index (χ1n) is 7.09. The van der Waals surface area contributed by atoms with Crippen molar-refractivity contribution >= 4 is 5.97 Å². The van der Waals surface area contributed by atoms with E-state index in [9.17, 15) is 4.79 Å². The summed E-state index contributed by atoms with van der Waals surface area (Å²) in [5.74, 6) is 0.478. The Morgan fingerprint density at radius 1 is 1.42 bits per heavy atom. The SMILES string of the molecule is COC(=O)C(C)(N)CCCN(C)CCOCC1CC1. The lowest BCUT2D eigenvalue weighted by atomic mass is 9.97. The molecule has 2 N–H and O–H groups in total. The lowest BCUT2D eigenvalue weighted by Crippen LogP contribution is -2.46. The van der Waals surface area contributed by atoms with Crippen molar-refractivity contribution in [3.8, 4) is 0 Å². The Labute approximate surface area is 116 Å². The van der Waals surface area contributed by atoms with Crippen LogP contribution in [0.4, 0.5) is 0 Å². The van der Waals surface area contributed by atoms with Crippen LogP contribution in [0.25, 0.3) is 0 Å². The highest BCUT2D eigenvalue weighted by Gasteiger charge is 2.28. The quantitative estimate of drug-likeness (QED) is 0.475. The van der Waals surface area contributed by atoms with Gasteiger partial charge in [0.1, 0.15) is 5.54 Å². The smallest absolute Gasteiger partial charge is 0.325 e. The summed E-state index contributed by atoms with van der Waals surface area (Å²) < 4.78 is 10.3. The summed E-state index contributed by atoms with van der Waals surface area (Å²) in [6.45, 7) is 5.25. The summed E-state index contributed by atoms with van der Waals surface area (Å²) in [7, 11) is 3.43. The van der Waals surface area contributed by atoms with Gasteiger partial charge in [-0.3, -0.25) is 4.79 Å². The molecule has 5 heteroatoms. The molecule has 112 valence electrons. The molecule has 19 heavy (non-hydrogen) atoms. The van der Waals surface area contributed by atoms with Gasteiger partial charge >= 0.3 is 5.97 Å². The second kappa shape index (κ2) is 7.82. The third-order valence-electron chi connectivity index (χ3n) is 3.56. The van der Waals surface area contributed by atoms with E-state index in [2.05, 4.69) is 16.7 Å². The third-order valence-corrected chi connectivity index (χ3v) is 3.56. The van der Waals surface area contributed by atoms with Crippen LogP contribution >= 0.6 is 0 Å². The van der Waals surface area contributed by atoms with Crippen molar-refractivity contribution in [3.63, 3.8) is 0 Å². The van der Waals surface area contributed by atoms with Crippen molar-refractivity contribution in [1.82, 2.24) is 4.90 Å². The summed E-state index contributed by atoms with van der Waals surface area (Å²) in [5.41, 5.74) is 5.02. The maximum absolute atomic E-state index is 11.4. The van der Waals surface area contributed by atoms with E-state index in [1.54, 1.807) is 6.92 Å². The second-order valence-electron chi connectivity index (χ2n) is 5.83. The summed E-state index contributed by atoms with van der Waals surface area (Å²) in [5, 5.41) is 0. The normalized spacial score (nSPS) is 18.4. The molecule has 0 bridgehead atoms. The minimum atomic E-state index is -0.877. The number of methoxy groups -OCH3 is 1. The Kier molecular flexibility index (Phi) is 6.75. The molecule has 1 aliphatic rings. The lowest BCUT2D eigenvalue weighted by molar-refractivity contribution is -0.146. The maximum Gasteiger partial charge on any atom is 0.325 e. The monoisotopic (exact) mass is 272 g/mol. The lowest BCUT2D eigenvalue weighted by Gasteiger charge is -2.23. The molecule has 0 amide bonds. The van der Waals surface area contributed by atoms with Gasteiger partial charge in [0.05, 0.1) is 13.7 Å². The fourth-order valence-corrected chi connectivity index (χ4v) is 1.92. The Hall–Kier alpha value is -0.650. The van der Waals surface area contributed by atoms with Crippen molar-refractivity contribution in [2.24, 2.45) is 11.7 Å². The Morgan fingerprint density at radius 3 is 2.68 bits per heavy atom. The number of nitrogens with two attached hydrogens (primary N) is 1. The van der Waals surface area contributed by atoms with Crippen LogP contribution in [-0.2, 0) is 14.3 Å². The minimum absolute atomic E-state index is 0.345. The van der Waals surface area contributed by atoms with E-state index in [1.807, 2.05) is 0 Å². The van der Waals surface area contributed by atoms with Gasteiger partial charge in [-0.2, -0.15) is 0 Å². The number of carbonyl (C=O) groups excluding carboxylic acids is 1.